The number of rotatable bonds is 11. The number of hydrogen-bond donors (Lipinski definition) is 2. The van der Waals surface area contributed by atoms with Crippen LogP contribution in [0.4, 0.5) is 11.5 Å². The van der Waals surface area contributed by atoms with Gasteiger partial charge in [0.15, 0.2) is 12.1 Å². The quantitative estimate of drug-likeness (QED) is 0.363. The summed E-state index contributed by atoms with van der Waals surface area (Å²) in [6.07, 6.45) is 3.49. The van der Waals surface area contributed by atoms with Gasteiger partial charge in [0.1, 0.15) is 11.5 Å². The minimum absolute atomic E-state index is 0.294. The molecule has 1 aromatic heterocycles. The largest absolute Gasteiger partial charge is 0.427 e. The van der Waals surface area contributed by atoms with E-state index in [-0.39, 0.29) is 0 Å². The fraction of sp³-hybridized carbons (Fsp3) is 0.519. The molecular formula is C27H39BN4O4. The Morgan fingerprint density at radius 2 is 1.92 bits per heavy atom. The van der Waals surface area contributed by atoms with Crippen molar-refractivity contribution in [2.75, 3.05) is 25.6 Å². The van der Waals surface area contributed by atoms with E-state index in [4.69, 9.17) is 14.4 Å². The van der Waals surface area contributed by atoms with E-state index in [2.05, 4.69) is 29.0 Å². The number of ether oxygens (including phenoxy) is 1. The van der Waals surface area contributed by atoms with Crippen molar-refractivity contribution in [2.24, 2.45) is 0 Å². The minimum atomic E-state index is -0.963. The average Bonchev–Trinajstić information content (AvgIpc) is 2.84. The topological polar surface area (TPSA) is 96.8 Å². The lowest BCUT2D eigenvalue weighted by Gasteiger charge is -2.37. The third kappa shape index (κ3) is 7.00. The molecule has 0 radical (unpaired) electrons. The lowest BCUT2D eigenvalue weighted by Crippen LogP contribution is -2.49. The van der Waals surface area contributed by atoms with Crippen molar-refractivity contribution in [1.29, 1.82) is 0 Å². The zero-order valence-electron chi connectivity index (χ0n) is 22.6. The van der Waals surface area contributed by atoms with Crippen molar-refractivity contribution in [3.05, 3.63) is 47.4 Å². The molecule has 2 heterocycles. The van der Waals surface area contributed by atoms with E-state index < -0.39 is 11.2 Å². The summed E-state index contributed by atoms with van der Waals surface area (Å²) in [6.45, 7) is 13.1. The summed E-state index contributed by atoms with van der Waals surface area (Å²) in [6, 6.07) is 8.17. The van der Waals surface area contributed by atoms with Crippen LogP contribution in [0.1, 0.15) is 69.8 Å². The number of aldehydes is 1. The first-order chi connectivity index (χ1) is 16.9. The van der Waals surface area contributed by atoms with Crippen LogP contribution in [0.25, 0.3) is 5.57 Å². The van der Waals surface area contributed by atoms with Gasteiger partial charge in [-0.2, -0.15) is 0 Å². The number of carbonyl (C=O) groups is 1. The SMILES string of the molecule is CC(C)N(C)Cc1c(C=O)nc(C2=CCOCC2)nc1Nc1ccc(BOC(C)(C)C(C)(C)O)cc1. The number of carbonyl (C=O) groups excluding carboxylic acids is 1. The molecule has 0 aliphatic carbocycles. The molecule has 36 heavy (non-hydrogen) atoms. The molecule has 1 aromatic carbocycles. The first-order valence-corrected chi connectivity index (χ1v) is 12.5. The van der Waals surface area contributed by atoms with E-state index in [0.717, 1.165) is 28.6 Å². The van der Waals surface area contributed by atoms with Crippen molar-refractivity contribution in [2.45, 2.75) is 71.8 Å². The maximum atomic E-state index is 12.1. The first kappa shape index (κ1) is 28.0. The van der Waals surface area contributed by atoms with Crippen LogP contribution in [-0.4, -0.2) is 71.2 Å². The average molecular weight is 494 g/mol. The number of nitrogens with one attached hydrogen (secondary N) is 1. The molecule has 1 aliphatic rings. The second kappa shape index (κ2) is 11.6. The molecule has 0 spiro atoms. The Labute approximate surface area is 215 Å². The standard InChI is InChI=1S/C27H39BN4O4/c1-18(2)32(7)16-22-23(17-33)30-24(19-12-14-35-15-13-19)31-25(22)29-21-10-8-20(9-11-21)28-36-27(5,6)26(3,4)34/h8-12,17-18,28,34H,13-16H2,1-7H3,(H,29,30,31). The molecule has 0 saturated carbocycles. The minimum Gasteiger partial charge on any atom is -0.427 e. The highest BCUT2D eigenvalue weighted by atomic mass is 16.5. The summed E-state index contributed by atoms with van der Waals surface area (Å²) >= 11 is 0. The Kier molecular flexibility index (Phi) is 9.05. The highest BCUT2D eigenvalue weighted by molar-refractivity contribution is 6.47. The maximum absolute atomic E-state index is 12.1. The number of nitrogens with zero attached hydrogens (tertiary/aromatic N) is 3. The molecule has 0 amide bonds. The Bertz CT molecular complexity index is 1080. The second-order valence-electron chi connectivity index (χ2n) is 10.6. The summed E-state index contributed by atoms with van der Waals surface area (Å²) in [4.78, 5) is 23.7. The van der Waals surface area contributed by atoms with Crippen molar-refractivity contribution >= 4 is 36.3 Å². The lowest BCUT2D eigenvalue weighted by atomic mass is 9.82. The molecule has 0 atom stereocenters. The predicted octanol–water partition coefficient (Wildman–Crippen LogP) is 3.22. The fourth-order valence-electron chi connectivity index (χ4n) is 3.43. The van der Waals surface area contributed by atoms with E-state index in [9.17, 15) is 9.90 Å². The summed E-state index contributed by atoms with van der Waals surface area (Å²) in [5, 5.41) is 13.7. The Hall–Kier alpha value is -2.59. The van der Waals surface area contributed by atoms with Crippen LogP contribution < -0.4 is 10.8 Å². The van der Waals surface area contributed by atoms with E-state index in [1.54, 1.807) is 13.8 Å². The van der Waals surface area contributed by atoms with Gasteiger partial charge in [0.25, 0.3) is 0 Å². The molecule has 0 saturated heterocycles. The molecule has 0 fully saturated rings. The van der Waals surface area contributed by atoms with E-state index in [0.29, 0.717) is 57.0 Å². The molecule has 9 heteroatoms. The number of aliphatic hydroxyl groups is 1. The molecule has 1 aliphatic heterocycles. The lowest BCUT2D eigenvalue weighted by molar-refractivity contribution is -0.0893. The molecule has 0 unspecified atom stereocenters. The molecule has 2 N–H and O–H groups in total. The maximum Gasteiger partial charge on any atom is 0.309 e. The zero-order chi connectivity index (χ0) is 26.5. The Morgan fingerprint density at radius 3 is 2.47 bits per heavy atom. The van der Waals surface area contributed by atoms with Crippen LogP contribution in [-0.2, 0) is 15.9 Å². The fourth-order valence-corrected chi connectivity index (χ4v) is 3.43. The molecule has 3 rings (SSSR count). The summed E-state index contributed by atoms with van der Waals surface area (Å²) in [7, 11) is 2.40. The van der Waals surface area contributed by atoms with Gasteiger partial charge in [-0.15, -0.1) is 0 Å². The normalized spacial score (nSPS) is 14.7. The summed E-state index contributed by atoms with van der Waals surface area (Å²) < 4.78 is 11.4. The zero-order valence-corrected chi connectivity index (χ0v) is 22.6. The van der Waals surface area contributed by atoms with Crippen LogP contribution >= 0.6 is 0 Å². The molecule has 8 nitrogen and oxygen atoms in total. The molecule has 2 aromatic rings. The van der Waals surface area contributed by atoms with Gasteiger partial charge in [-0.25, -0.2) is 9.97 Å². The van der Waals surface area contributed by atoms with Gasteiger partial charge in [0.05, 0.1) is 24.4 Å². The second-order valence-corrected chi connectivity index (χ2v) is 10.6. The van der Waals surface area contributed by atoms with Crippen LogP contribution in [0.3, 0.4) is 0 Å². The smallest absolute Gasteiger partial charge is 0.309 e. The number of aromatic nitrogens is 2. The van der Waals surface area contributed by atoms with Gasteiger partial charge in [-0.05, 0) is 72.7 Å². The Morgan fingerprint density at radius 1 is 1.22 bits per heavy atom. The van der Waals surface area contributed by atoms with Gasteiger partial charge in [-0.1, -0.05) is 23.7 Å². The van der Waals surface area contributed by atoms with Crippen LogP contribution in [0, 0.1) is 0 Å². The summed E-state index contributed by atoms with van der Waals surface area (Å²) in [5.41, 5.74) is 2.31. The predicted molar refractivity (Wildman–Crippen MR) is 145 cm³/mol. The monoisotopic (exact) mass is 494 g/mol. The van der Waals surface area contributed by atoms with Crippen molar-refractivity contribution in [3.8, 4) is 0 Å². The highest BCUT2D eigenvalue weighted by Crippen LogP contribution is 2.27. The van der Waals surface area contributed by atoms with Gasteiger partial charge in [0.2, 0.25) is 0 Å². The third-order valence-electron chi connectivity index (χ3n) is 6.98. The van der Waals surface area contributed by atoms with Gasteiger partial charge < -0.3 is 19.8 Å². The number of hydrogen-bond acceptors (Lipinski definition) is 8. The van der Waals surface area contributed by atoms with Crippen LogP contribution in [0.5, 0.6) is 0 Å². The third-order valence-corrected chi connectivity index (χ3v) is 6.98. The molecule has 194 valence electrons. The number of benzene rings is 1. The van der Waals surface area contributed by atoms with Crippen molar-refractivity contribution < 1.29 is 19.3 Å². The van der Waals surface area contributed by atoms with Gasteiger partial charge in [-0.3, -0.25) is 9.69 Å². The van der Waals surface area contributed by atoms with Crippen LogP contribution in [0.2, 0.25) is 0 Å². The van der Waals surface area contributed by atoms with E-state index >= 15 is 0 Å². The first-order valence-electron chi connectivity index (χ1n) is 12.5. The van der Waals surface area contributed by atoms with Crippen molar-refractivity contribution in [1.82, 2.24) is 14.9 Å². The van der Waals surface area contributed by atoms with Crippen LogP contribution in [0.15, 0.2) is 30.3 Å². The van der Waals surface area contributed by atoms with Gasteiger partial charge >= 0.3 is 7.48 Å². The van der Waals surface area contributed by atoms with Crippen molar-refractivity contribution in [3.63, 3.8) is 0 Å². The van der Waals surface area contributed by atoms with E-state index in [1.807, 2.05) is 51.2 Å². The summed E-state index contributed by atoms with van der Waals surface area (Å²) in [5.74, 6) is 1.17. The molecule has 0 bridgehead atoms. The van der Waals surface area contributed by atoms with Gasteiger partial charge in [0, 0.05) is 23.8 Å². The number of anilines is 2. The van der Waals surface area contributed by atoms with E-state index in [1.165, 1.54) is 0 Å². The highest BCUT2D eigenvalue weighted by Gasteiger charge is 2.35. The molecular weight excluding hydrogens is 455 g/mol. The Balaban J connectivity index is 1.88.